The molecule has 0 spiro atoms. The Labute approximate surface area is 99.6 Å². The highest BCUT2D eigenvalue weighted by atomic mass is 16.2. The fourth-order valence-electron chi connectivity index (χ4n) is 2.38. The molecule has 94 valence electrons. The van der Waals surface area contributed by atoms with E-state index in [1.54, 1.807) is 0 Å². The molecule has 1 aliphatic heterocycles. The zero-order chi connectivity index (χ0) is 12.0. The third kappa shape index (κ3) is 3.48. The van der Waals surface area contributed by atoms with Gasteiger partial charge in [0, 0.05) is 6.54 Å². The smallest absolute Gasteiger partial charge is 0.237 e. The van der Waals surface area contributed by atoms with Gasteiger partial charge in [-0.15, -0.1) is 0 Å². The summed E-state index contributed by atoms with van der Waals surface area (Å²) in [4.78, 5) is 13.8. The van der Waals surface area contributed by atoms with Gasteiger partial charge in [-0.2, -0.15) is 0 Å². The van der Waals surface area contributed by atoms with Gasteiger partial charge in [-0.05, 0) is 18.8 Å². The quantitative estimate of drug-likeness (QED) is 0.723. The van der Waals surface area contributed by atoms with Gasteiger partial charge in [0.25, 0.3) is 0 Å². The molecule has 0 aromatic carbocycles. The van der Waals surface area contributed by atoms with Crippen molar-refractivity contribution < 1.29 is 4.79 Å². The summed E-state index contributed by atoms with van der Waals surface area (Å²) in [5.74, 6) is 0.958. The fourth-order valence-corrected chi connectivity index (χ4v) is 2.38. The number of hydrogen-bond donors (Lipinski definition) is 1. The van der Waals surface area contributed by atoms with Crippen LogP contribution in [0.3, 0.4) is 0 Å². The maximum atomic E-state index is 11.7. The van der Waals surface area contributed by atoms with Crippen molar-refractivity contribution in [3.05, 3.63) is 0 Å². The number of carbonyl (C=O) groups is 1. The van der Waals surface area contributed by atoms with E-state index in [0.29, 0.717) is 12.5 Å². The molecule has 1 saturated heterocycles. The first-order chi connectivity index (χ1) is 7.72. The van der Waals surface area contributed by atoms with E-state index in [9.17, 15) is 4.79 Å². The second-order valence-electron chi connectivity index (χ2n) is 4.77. The number of carbonyl (C=O) groups excluding carboxylic acids is 1. The standard InChI is InChI=1S/C13H26N2O/c1-4-7-8-11(5-2)10-15-12(6-3)14-9-13(15)16/h11-12,14H,4-10H2,1-3H3. The van der Waals surface area contributed by atoms with Crippen LogP contribution < -0.4 is 5.32 Å². The zero-order valence-electron chi connectivity index (χ0n) is 11.0. The van der Waals surface area contributed by atoms with E-state index in [4.69, 9.17) is 0 Å². The Morgan fingerprint density at radius 1 is 1.44 bits per heavy atom. The third-order valence-electron chi connectivity index (χ3n) is 3.57. The molecule has 3 heteroatoms. The molecule has 1 heterocycles. The lowest BCUT2D eigenvalue weighted by Gasteiger charge is -2.27. The second kappa shape index (κ2) is 6.89. The molecule has 0 aromatic heterocycles. The second-order valence-corrected chi connectivity index (χ2v) is 4.77. The lowest BCUT2D eigenvalue weighted by atomic mass is 9.98. The van der Waals surface area contributed by atoms with E-state index in [-0.39, 0.29) is 12.1 Å². The highest BCUT2D eigenvalue weighted by molar-refractivity contribution is 5.80. The molecule has 2 atom stereocenters. The largest absolute Gasteiger partial charge is 0.326 e. The summed E-state index contributed by atoms with van der Waals surface area (Å²) >= 11 is 0. The minimum Gasteiger partial charge on any atom is -0.326 e. The van der Waals surface area contributed by atoms with Crippen LogP contribution in [-0.4, -0.2) is 30.1 Å². The van der Waals surface area contributed by atoms with E-state index in [1.165, 1.54) is 25.7 Å². The average Bonchev–Trinajstić information content (AvgIpc) is 2.65. The summed E-state index contributed by atoms with van der Waals surface area (Å²) in [5, 5.41) is 3.27. The first-order valence-electron chi connectivity index (χ1n) is 6.75. The van der Waals surface area contributed by atoms with E-state index < -0.39 is 0 Å². The maximum Gasteiger partial charge on any atom is 0.237 e. The Balaban J connectivity index is 2.45. The lowest BCUT2D eigenvalue weighted by molar-refractivity contribution is -0.128. The Hall–Kier alpha value is -0.570. The molecule has 0 radical (unpaired) electrons. The van der Waals surface area contributed by atoms with Crippen molar-refractivity contribution >= 4 is 5.91 Å². The molecule has 0 aliphatic carbocycles. The van der Waals surface area contributed by atoms with Crippen LogP contribution in [0.1, 0.15) is 52.9 Å². The predicted molar refractivity (Wildman–Crippen MR) is 67.1 cm³/mol. The average molecular weight is 226 g/mol. The molecule has 1 rings (SSSR count). The van der Waals surface area contributed by atoms with E-state index in [2.05, 4.69) is 26.1 Å². The molecule has 16 heavy (non-hydrogen) atoms. The van der Waals surface area contributed by atoms with Gasteiger partial charge in [0.2, 0.25) is 5.91 Å². The minimum atomic E-state index is 0.279. The summed E-state index contributed by atoms with van der Waals surface area (Å²) in [6, 6.07) is 0. The van der Waals surface area contributed by atoms with Crippen LogP contribution in [0.2, 0.25) is 0 Å². The normalized spacial score (nSPS) is 22.8. The number of amides is 1. The molecule has 1 N–H and O–H groups in total. The molecular weight excluding hydrogens is 200 g/mol. The van der Waals surface area contributed by atoms with Crippen molar-refractivity contribution in [1.29, 1.82) is 0 Å². The molecule has 3 nitrogen and oxygen atoms in total. The van der Waals surface area contributed by atoms with Crippen LogP contribution in [0, 0.1) is 5.92 Å². The van der Waals surface area contributed by atoms with E-state index in [0.717, 1.165) is 13.0 Å². The van der Waals surface area contributed by atoms with Crippen molar-refractivity contribution in [3.8, 4) is 0 Å². The van der Waals surface area contributed by atoms with Crippen LogP contribution in [-0.2, 0) is 4.79 Å². The zero-order valence-corrected chi connectivity index (χ0v) is 11.0. The Bertz CT molecular complexity index is 218. The first kappa shape index (κ1) is 13.5. The fraction of sp³-hybridized carbons (Fsp3) is 0.923. The van der Waals surface area contributed by atoms with Crippen LogP contribution in [0.15, 0.2) is 0 Å². The van der Waals surface area contributed by atoms with Crippen molar-refractivity contribution in [3.63, 3.8) is 0 Å². The highest BCUT2D eigenvalue weighted by Crippen LogP contribution is 2.18. The van der Waals surface area contributed by atoms with Gasteiger partial charge < -0.3 is 4.90 Å². The Morgan fingerprint density at radius 2 is 2.19 bits per heavy atom. The van der Waals surface area contributed by atoms with E-state index in [1.807, 2.05) is 4.90 Å². The van der Waals surface area contributed by atoms with Crippen LogP contribution in [0.25, 0.3) is 0 Å². The molecule has 0 bridgehead atoms. The monoisotopic (exact) mass is 226 g/mol. The summed E-state index contributed by atoms with van der Waals surface area (Å²) in [7, 11) is 0. The predicted octanol–water partition coefficient (Wildman–Crippen LogP) is 2.37. The maximum absolute atomic E-state index is 11.7. The summed E-state index contributed by atoms with van der Waals surface area (Å²) in [6.45, 7) is 8.07. The molecule has 1 aliphatic rings. The number of unbranched alkanes of at least 4 members (excludes halogenated alkanes) is 1. The van der Waals surface area contributed by atoms with Gasteiger partial charge in [0.1, 0.15) is 0 Å². The third-order valence-corrected chi connectivity index (χ3v) is 3.57. The van der Waals surface area contributed by atoms with Crippen molar-refractivity contribution in [2.75, 3.05) is 13.1 Å². The van der Waals surface area contributed by atoms with Crippen molar-refractivity contribution in [1.82, 2.24) is 10.2 Å². The topological polar surface area (TPSA) is 32.3 Å². The van der Waals surface area contributed by atoms with E-state index >= 15 is 0 Å². The molecule has 2 unspecified atom stereocenters. The molecular formula is C13H26N2O. The molecule has 0 aromatic rings. The van der Waals surface area contributed by atoms with Crippen molar-refractivity contribution in [2.45, 2.75) is 59.0 Å². The minimum absolute atomic E-state index is 0.279. The Kier molecular flexibility index (Phi) is 5.81. The van der Waals surface area contributed by atoms with Gasteiger partial charge in [-0.3, -0.25) is 10.1 Å². The number of nitrogens with zero attached hydrogens (tertiary/aromatic N) is 1. The molecule has 1 fully saturated rings. The molecule has 1 amide bonds. The highest BCUT2D eigenvalue weighted by Gasteiger charge is 2.30. The molecule has 0 saturated carbocycles. The Morgan fingerprint density at radius 3 is 2.75 bits per heavy atom. The summed E-state index contributed by atoms with van der Waals surface area (Å²) < 4.78 is 0. The van der Waals surface area contributed by atoms with Gasteiger partial charge >= 0.3 is 0 Å². The first-order valence-corrected chi connectivity index (χ1v) is 6.75. The number of rotatable bonds is 7. The van der Waals surface area contributed by atoms with Gasteiger partial charge in [0.15, 0.2) is 0 Å². The summed E-state index contributed by atoms with van der Waals surface area (Å²) in [6.07, 6.45) is 6.26. The van der Waals surface area contributed by atoms with Crippen LogP contribution >= 0.6 is 0 Å². The number of nitrogens with one attached hydrogen (secondary N) is 1. The lowest BCUT2D eigenvalue weighted by Crippen LogP contribution is -2.39. The van der Waals surface area contributed by atoms with Gasteiger partial charge in [-0.25, -0.2) is 0 Å². The number of hydrogen-bond acceptors (Lipinski definition) is 2. The summed E-state index contributed by atoms with van der Waals surface area (Å²) in [5.41, 5.74) is 0. The SMILES string of the molecule is CCCCC(CC)CN1C(=O)CNC1CC. The van der Waals surface area contributed by atoms with Crippen LogP contribution in [0.4, 0.5) is 0 Å². The van der Waals surface area contributed by atoms with Crippen molar-refractivity contribution in [2.24, 2.45) is 5.92 Å². The van der Waals surface area contributed by atoms with Gasteiger partial charge in [0.05, 0.1) is 12.7 Å². The van der Waals surface area contributed by atoms with Gasteiger partial charge in [-0.1, -0.05) is 40.0 Å². The van der Waals surface area contributed by atoms with Crippen LogP contribution in [0.5, 0.6) is 0 Å².